The lowest BCUT2D eigenvalue weighted by molar-refractivity contribution is -0.129. The van der Waals surface area contributed by atoms with E-state index in [1.54, 1.807) is 4.90 Å². The SMILES string of the molecule is Cc1ccc(N2CC(CNC(=O)c3ccc(F)cc3)OCC2=O)cc1. The van der Waals surface area contributed by atoms with Crippen molar-refractivity contribution in [2.75, 3.05) is 24.6 Å². The van der Waals surface area contributed by atoms with E-state index in [1.165, 1.54) is 24.3 Å². The first-order valence-corrected chi connectivity index (χ1v) is 8.05. The molecule has 0 bridgehead atoms. The minimum atomic E-state index is -0.389. The second-order valence-corrected chi connectivity index (χ2v) is 5.99. The molecule has 2 amide bonds. The van der Waals surface area contributed by atoms with Gasteiger partial charge in [-0.1, -0.05) is 17.7 Å². The van der Waals surface area contributed by atoms with Crippen molar-refractivity contribution >= 4 is 17.5 Å². The molecule has 3 rings (SSSR count). The zero-order chi connectivity index (χ0) is 17.8. The van der Waals surface area contributed by atoms with Crippen LogP contribution in [-0.2, 0) is 9.53 Å². The van der Waals surface area contributed by atoms with E-state index in [0.717, 1.165) is 11.3 Å². The molecule has 1 aliphatic heterocycles. The summed E-state index contributed by atoms with van der Waals surface area (Å²) in [5.41, 5.74) is 2.31. The van der Waals surface area contributed by atoms with Gasteiger partial charge in [-0.05, 0) is 43.3 Å². The molecule has 25 heavy (non-hydrogen) atoms. The van der Waals surface area contributed by atoms with Crippen LogP contribution in [0, 0.1) is 12.7 Å². The van der Waals surface area contributed by atoms with Crippen LogP contribution in [-0.4, -0.2) is 37.6 Å². The van der Waals surface area contributed by atoms with Crippen LogP contribution >= 0.6 is 0 Å². The van der Waals surface area contributed by atoms with Crippen molar-refractivity contribution in [1.82, 2.24) is 5.32 Å². The molecule has 0 spiro atoms. The molecular formula is C19H19FN2O3. The molecule has 1 unspecified atom stereocenters. The third-order valence-corrected chi connectivity index (χ3v) is 4.07. The largest absolute Gasteiger partial charge is 0.365 e. The molecule has 0 radical (unpaired) electrons. The summed E-state index contributed by atoms with van der Waals surface area (Å²) in [6.45, 7) is 2.60. The summed E-state index contributed by atoms with van der Waals surface area (Å²) in [5, 5.41) is 2.76. The van der Waals surface area contributed by atoms with Gasteiger partial charge in [0.25, 0.3) is 11.8 Å². The fraction of sp³-hybridized carbons (Fsp3) is 0.263. The summed E-state index contributed by atoms with van der Waals surface area (Å²) >= 11 is 0. The Hall–Kier alpha value is -2.73. The lowest BCUT2D eigenvalue weighted by atomic mass is 10.1. The molecule has 0 saturated carbocycles. The first kappa shape index (κ1) is 17.1. The summed E-state index contributed by atoms with van der Waals surface area (Å²) in [7, 11) is 0. The Bertz CT molecular complexity index is 759. The highest BCUT2D eigenvalue weighted by atomic mass is 19.1. The highest BCUT2D eigenvalue weighted by Gasteiger charge is 2.27. The number of benzene rings is 2. The molecule has 1 N–H and O–H groups in total. The second-order valence-electron chi connectivity index (χ2n) is 5.99. The van der Waals surface area contributed by atoms with Gasteiger partial charge >= 0.3 is 0 Å². The van der Waals surface area contributed by atoms with Crippen LogP contribution in [0.2, 0.25) is 0 Å². The van der Waals surface area contributed by atoms with Gasteiger partial charge in [0, 0.05) is 17.8 Å². The number of anilines is 1. The van der Waals surface area contributed by atoms with E-state index in [2.05, 4.69) is 5.32 Å². The van der Waals surface area contributed by atoms with Crippen molar-refractivity contribution in [2.24, 2.45) is 0 Å². The van der Waals surface area contributed by atoms with Crippen molar-refractivity contribution in [2.45, 2.75) is 13.0 Å². The van der Waals surface area contributed by atoms with Crippen molar-refractivity contribution in [1.29, 1.82) is 0 Å². The predicted molar refractivity (Wildman–Crippen MR) is 92.0 cm³/mol. The molecule has 0 aliphatic carbocycles. The number of ether oxygens (including phenoxy) is 1. The van der Waals surface area contributed by atoms with Gasteiger partial charge in [-0.3, -0.25) is 9.59 Å². The maximum absolute atomic E-state index is 12.9. The summed E-state index contributed by atoms with van der Waals surface area (Å²) in [6, 6.07) is 13.0. The molecule has 2 aromatic rings. The number of aryl methyl sites for hydroxylation is 1. The van der Waals surface area contributed by atoms with Gasteiger partial charge in [-0.2, -0.15) is 0 Å². The first-order valence-electron chi connectivity index (χ1n) is 8.05. The van der Waals surface area contributed by atoms with Crippen LogP contribution in [0.25, 0.3) is 0 Å². The standard InChI is InChI=1S/C19H19FN2O3/c1-13-2-8-16(9-3-13)22-11-17(25-12-18(22)23)10-21-19(24)14-4-6-15(20)7-5-14/h2-9,17H,10-12H2,1H3,(H,21,24). The molecule has 1 fully saturated rings. The van der Waals surface area contributed by atoms with Crippen LogP contribution < -0.4 is 10.2 Å². The molecule has 1 saturated heterocycles. The van der Waals surface area contributed by atoms with Gasteiger partial charge in [0.2, 0.25) is 0 Å². The molecule has 130 valence electrons. The Labute approximate surface area is 145 Å². The summed E-state index contributed by atoms with van der Waals surface area (Å²) in [6.07, 6.45) is -0.302. The van der Waals surface area contributed by atoms with Crippen LogP contribution in [0.4, 0.5) is 10.1 Å². The number of hydrogen-bond acceptors (Lipinski definition) is 3. The number of carbonyl (C=O) groups is 2. The summed E-state index contributed by atoms with van der Waals surface area (Å²) in [5.74, 6) is -0.799. The van der Waals surface area contributed by atoms with Gasteiger partial charge in [0.1, 0.15) is 12.4 Å². The third-order valence-electron chi connectivity index (χ3n) is 4.07. The minimum Gasteiger partial charge on any atom is -0.365 e. The number of nitrogens with one attached hydrogen (secondary N) is 1. The number of morpholine rings is 1. The van der Waals surface area contributed by atoms with Gasteiger partial charge in [0.05, 0.1) is 12.6 Å². The lowest BCUT2D eigenvalue weighted by Gasteiger charge is -2.33. The van der Waals surface area contributed by atoms with Crippen LogP contribution in [0.5, 0.6) is 0 Å². The van der Waals surface area contributed by atoms with Gasteiger partial charge in [0.15, 0.2) is 0 Å². The highest BCUT2D eigenvalue weighted by Crippen LogP contribution is 2.19. The molecule has 1 atom stereocenters. The summed E-state index contributed by atoms with van der Waals surface area (Å²) < 4.78 is 18.4. The number of hydrogen-bond donors (Lipinski definition) is 1. The molecule has 1 heterocycles. The van der Waals surface area contributed by atoms with E-state index >= 15 is 0 Å². The Balaban J connectivity index is 1.59. The molecular weight excluding hydrogens is 323 g/mol. The predicted octanol–water partition coefficient (Wildman–Crippen LogP) is 2.30. The van der Waals surface area contributed by atoms with E-state index in [9.17, 15) is 14.0 Å². The fourth-order valence-corrected chi connectivity index (χ4v) is 2.63. The Morgan fingerprint density at radius 3 is 2.56 bits per heavy atom. The minimum absolute atomic E-state index is 0.0229. The van der Waals surface area contributed by atoms with Crippen molar-refractivity contribution in [3.8, 4) is 0 Å². The number of carbonyl (C=O) groups excluding carboxylic acids is 2. The maximum Gasteiger partial charge on any atom is 0.253 e. The van der Waals surface area contributed by atoms with Gasteiger partial charge < -0.3 is 15.0 Å². The monoisotopic (exact) mass is 342 g/mol. The average molecular weight is 342 g/mol. The third kappa shape index (κ3) is 4.22. The van der Waals surface area contributed by atoms with Gasteiger partial charge in [-0.25, -0.2) is 4.39 Å². The topological polar surface area (TPSA) is 58.6 Å². The van der Waals surface area contributed by atoms with E-state index < -0.39 is 0 Å². The number of amides is 2. The number of halogens is 1. The van der Waals surface area contributed by atoms with E-state index in [4.69, 9.17) is 4.74 Å². The molecule has 2 aromatic carbocycles. The molecule has 0 aromatic heterocycles. The molecule has 5 nitrogen and oxygen atoms in total. The number of nitrogens with zero attached hydrogens (tertiary/aromatic N) is 1. The molecule has 6 heteroatoms. The van der Waals surface area contributed by atoms with Crippen molar-refractivity contribution in [3.63, 3.8) is 0 Å². The Morgan fingerprint density at radius 1 is 1.20 bits per heavy atom. The van der Waals surface area contributed by atoms with Crippen LogP contribution in [0.15, 0.2) is 48.5 Å². The second kappa shape index (κ2) is 7.44. The van der Waals surface area contributed by atoms with Crippen molar-refractivity contribution < 1.29 is 18.7 Å². The van der Waals surface area contributed by atoms with Crippen LogP contribution in [0.1, 0.15) is 15.9 Å². The smallest absolute Gasteiger partial charge is 0.253 e. The summed E-state index contributed by atoms with van der Waals surface area (Å²) in [4.78, 5) is 25.8. The Kier molecular flexibility index (Phi) is 5.09. The molecule has 1 aliphatic rings. The van der Waals surface area contributed by atoms with E-state index in [1.807, 2.05) is 31.2 Å². The zero-order valence-corrected chi connectivity index (χ0v) is 13.9. The maximum atomic E-state index is 12.9. The normalized spacial score (nSPS) is 17.4. The van der Waals surface area contributed by atoms with E-state index in [0.29, 0.717) is 12.1 Å². The number of rotatable bonds is 4. The Morgan fingerprint density at radius 2 is 1.88 bits per heavy atom. The van der Waals surface area contributed by atoms with Crippen LogP contribution in [0.3, 0.4) is 0 Å². The lowest BCUT2D eigenvalue weighted by Crippen LogP contribution is -2.50. The average Bonchev–Trinajstić information content (AvgIpc) is 2.62. The first-order chi connectivity index (χ1) is 12.0. The quantitative estimate of drug-likeness (QED) is 0.927. The fourth-order valence-electron chi connectivity index (χ4n) is 2.63. The highest BCUT2D eigenvalue weighted by molar-refractivity contribution is 5.95. The van der Waals surface area contributed by atoms with Crippen molar-refractivity contribution in [3.05, 3.63) is 65.5 Å². The van der Waals surface area contributed by atoms with E-state index in [-0.39, 0.29) is 36.9 Å². The van der Waals surface area contributed by atoms with Gasteiger partial charge in [-0.15, -0.1) is 0 Å². The zero-order valence-electron chi connectivity index (χ0n) is 13.9.